The minimum Gasteiger partial charge on any atom is -0.506 e. The second-order valence-corrected chi connectivity index (χ2v) is 13.1. The molecule has 0 radical (unpaired) electrons. The van der Waals surface area contributed by atoms with Crippen molar-refractivity contribution in [2.24, 2.45) is 5.92 Å². The average Bonchev–Trinajstić information content (AvgIpc) is 3.44. The Morgan fingerprint density at radius 1 is 1.02 bits per heavy atom. The summed E-state index contributed by atoms with van der Waals surface area (Å²) >= 11 is 9.49. The highest BCUT2D eigenvalue weighted by atomic mass is 79.9. The molecule has 1 unspecified atom stereocenters. The smallest absolute Gasteiger partial charge is 0.236 e. The van der Waals surface area contributed by atoms with E-state index in [0.29, 0.717) is 36.9 Å². The van der Waals surface area contributed by atoms with Crippen molar-refractivity contribution in [3.63, 3.8) is 0 Å². The summed E-state index contributed by atoms with van der Waals surface area (Å²) in [4.78, 5) is 35.2. The van der Waals surface area contributed by atoms with Crippen molar-refractivity contribution in [2.75, 3.05) is 57.7 Å². The van der Waals surface area contributed by atoms with E-state index in [1.54, 1.807) is 12.1 Å². The van der Waals surface area contributed by atoms with Gasteiger partial charge in [-0.25, -0.2) is 0 Å². The maximum Gasteiger partial charge on any atom is 0.236 e. The van der Waals surface area contributed by atoms with Crippen molar-refractivity contribution in [1.82, 2.24) is 19.6 Å². The van der Waals surface area contributed by atoms with Gasteiger partial charge in [0.1, 0.15) is 5.75 Å². The Kier molecular flexibility index (Phi) is 9.92. The van der Waals surface area contributed by atoms with Crippen LogP contribution in [0.3, 0.4) is 0 Å². The molecule has 3 fully saturated rings. The van der Waals surface area contributed by atoms with E-state index in [-0.39, 0.29) is 28.5 Å². The molecule has 222 valence electrons. The molecule has 0 bridgehead atoms. The number of carbonyl (C=O) groups excluding carboxylic acids is 2. The number of phenols is 1. The zero-order valence-corrected chi connectivity index (χ0v) is 26.3. The van der Waals surface area contributed by atoms with Crippen LogP contribution in [0.15, 0.2) is 46.9 Å². The number of nitrogens with zero attached hydrogens (tertiary/aromatic N) is 4. The van der Waals surface area contributed by atoms with E-state index >= 15 is 0 Å². The van der Waals surface area contributed by atoms with E-state index in [2.05, 4.69) is 74.1 Å². The van der Waals surface area contributed by atoms with E-state index in [0.717, 1.165) is 63.0 Å². The summed E-state index contributed by atoms with van der Waals surface area (Å²) in [5, 5.41) is 12.7. The predicted octanol–water partition coefficient (Wildman–Crippen LogP) is 4.83. The highest BCUT2D eigenvalue weighted by Gasteiger charge is 2.35. The van der Waals surface area contributed by atoms with E-state index < -0.39 is 0 Å². The standard InChI is InChI=1S/C31H41BrClN5O3/c1-21-18-37(15-16-38(21)22(2)23-3-5-25(32)6-4-23)27-10-13-36(14-11-27)30(40)20-35-12-9-24(19-35)31(41)34-26-7-8-29(39)28(33)17-26/h3-8,17,21-22,24,27,39H,9-16,18-20H2,1-2H3,(H,34,41)/t21-,22+,24?/m0/s1. The first-order chi connectivity index (χ1) is 19.7. The number of hydrogen-bond acceptors (Lipinski definition) is 6. The van der Waals surface area contributed by atoms with Crippen molar-refractivity contribution in [1.29, 1.82) is 0 Å². The largest absolute Gasteiger partial charge is 0.506 e. The third-order valence-corrected chi connectivity index (χ3v) is 9.94. The van der Waals surface area contributed by atoms with Gasteiger partial charge < -0.3 is 15.3 Å². The molecule has 0 saturated carbocycles. The van der Waals surface area contributed by atoms with Crippen LogP contribution in [0.1, 0.15) is 44.7 Å². The van der Waals surface area contributed by atoms with Crippen LogP contribution in [0.25, 0.3) is 0 Å². The third kappa shape index (κ3) is 7.43. The van der Waals surface area contributed by atoms with Crippen LogP contribution in [-0.2, 0) is 9.59 Å². The number of phenolic OH excluding ortho intramolecular Hbond substituents is 1. The van der Waals surface area contributed by atoms with Crippen LogP contribution in [0, 0.1) is 5.92 Å². The highest BCUT2D eigenvalue weighted by molar-refractivity contribution is 9.10. The molecule has 3 heterocycles. The Labute approximate surface area is 256 Å². The van der Waals surface area contributed by atoms with Gasteiger partial charge >= 0.3 is 0 Å². The summed E-state index contributed by atoms with van der Waals surface area (Å²) in [5.41, 5.74) is 1.91. The fourth-order valence-corrected chi connectivity index (χ4v) is 7.08. The number of piperidine rings is 1. The summed E-state index contributed by atoms with van der Waals surface area (Å²) in [6.07, 6.45) is 2.75. The second-order valence-electron chi connectivity index (χ2n) is 11.8. The van der Waals surface area contributed by atoms with E-state index in [1.807, 2.05) is 4.90 Å². The van der Waals surface area contributed by atoms with Crippen LogP contribution in [0.5, 0.6) is 5.75 Å². The van der Waals surface area contributed by atoms with Gasteiger partial charge in [0, 0.05) is 67.6 Å². The average molecular weight is 647 g/mol. The van der Waals surface area contributed by atoms with Gasteiger partial charge in [0.05, 0.1) is 17.5 Å². The topological polar surface area (TPSA) is 79.4 Å². The number of carbonyl (C=O) groups is 2. The van der Waals surface area contributed by atoms with Crippen molar-refractivity contribution in [3.05, 3.63) is 57.5 Å². The van der Waals surface area contributed by atoms with Gasteiger partial charge in [0.2, 0.25) is 11.8 Å². The number of aromatic hydroxyl groups is 1. The lowest BCUT2D eigenvalue weighted by Crippen LogP contribution is -2.57. The predicted molar refractivity (Wildman–Crippen MR) is 166 cm³/mol. The molecule has 3 atom stereocenters. The van der Waals surface area contributed by atoms with Crippen molar-refractivity contribution >= 4 is 45.0 Å². The normalized spacial score (nSPS) is 24.0. The molecule has 8 nitrogen and oxygen atoms in total. The number of halogens is 2. The monoisotopic (exact) mass is 645 g/mol. The van der Waals surface area contributed by atoms with Crippen LogP contribution < -0.4 is 5.32 Å². The fraction of sp³-hybridized carbons (Fsp3) is 0.548. The third-order valence-electron chi connectivity index (χ3n) is 9.11. The molecule has 3 aliphatic heterocycles. The minimum absolute atomic E-state index is 0.0152. The molecule has 3 saturated heterocycles. The molecule has 0 aliphatic carbocycles. The van der Waals surface area contributed by atoms with Crippen molar-refractivity contribution in [3.8, 4) is 5.75 Å². The number of benzene rings is 2. The Morgan fingerprint density at radius 2 is 1.76 bits per heavy atom. The molecular weight excluding hydrogens is 606 g/mol. The molecule has 2 amide bonds. The molecule has 0 aromatic heterocycles. The number of piperazine rings is 1. The van der Waals surface area contributed by atoms with Crippen LogP contribution in [0.2, 0.25) is 5.02 Å². The van der Waals surface area contributed by atoms with Crippen molar-refractivity contribution < 1.29 is 14.7 Å². The molecule has 10 heteroatoms. The van der Waals surface area contributed by atoms with E-state index in [4.69, 9.17) is 11.6 Å². The number of likely N-dealkylation sites (tertiary alicyclic amines) is 2. The number of anilines is 1. The summed E-state index contributed by atoms with van der Waals surface area (Å²) < 4.78 is 1.11. The van der Waals surface area contributed by atoms with E-state index in [9.17, 15) is 14.7 Å². The minimum atomic E-state index is -0.173. The quantitative estimate of drug-likeness (QED) is 0.420. The number of hydrogen-bond donors (Lipinski definition) is 2. The Morgan fingerprint density at radius 3 is 2.44 bits per heavy atom. The SMILES string of the molecule is C[C@H](c1ccc(Br)cc1)N1CCN(C2CCN(C(=O)CN3CCC(C(=O)Nc4ccc(O)c(Cl)c4)C3)CC2)C[C@@H]1C. The van der Waals surface area contributed by atoms with Gasteiger partial charge in [-0.1, -0.05) is 39.7 Å². The lowest BCUT2D eigenvalue weighted by Gasteiger charge is -2.47. The van der Waals surface area contributed by atoms with Gasteiger partial charge in [0.25, 0.3) is 0 Å². The zero-order valence-electron chi connectivity index (χ0n) is 23.9. The highest BCUT2D eigenvalue weighted by Crippen LogP contribution is 2.29. The van der Waals surface area contributed by atoms with Gasteiger partial charge in [-0.15, -0.1) is 0 Å². The molecule has 2 N–H and O–H groups in total. The number of nitrogens with one attached hydrogen (secondary N) is 1. The summed E-state index contributed by atoms with van der Waals surface area (Å²) in [6.45, 7) is 11.1. The summed E-state index contributed by atoms with van der Waals surface area (Å²) in [7, 11) is 0. The van der Waals surface area contributed by atoms with Crippen LogP contribution >= 0.6 is 27.5 Å². The van der Waals surface area contributed by atoms with E-state index in [1.165, 1.54) is 11.6 Å². The number of amides is 2. The fourth-order valence-electron chi connectivity index (χ4n) is 6.63. The lowest BCUT2D eigenvalue weighted by molar-refractivity contribution is -0.134. The Bertz CT molecular complexity index is 1220. The Hall–Kier alpha value is -2.17. The van der Waals surface area contributed by atoms with Gasteiger partial charge in [-0.3, -0.25) is 24.3 Å². The van der Waals surface area contributed by atoms with Crippen LogP contribution in [-0.4, -0.2) is 101 Å². The second kappa shape index (κ2) is 13.4. The van der Waals surface area contributed by atoms with Crippen molar-refractivity contribution in [2.45, 2.75) is 51.2 Å². The molecule has 2 aromatic carbocycles. The maximum absolute atomic E-state index is 13.1. The molecule has 41 heavy (non-hydrogen) atoms. The van der Waals surface area contributed by atoms with Gasteiger partial charge in [-0.05, 0) is 75.5 Å². The molecule has 3 aliphatic rings. The number of rotatable bonds is 7. The van der Waals surface area contributed by atoms with Crippen LogP contribution in [0.4, 0.5) is 5.69 Å². The molecule has 0 spiro atoms. The summed E-state index contributed by atoms with van der Waals surface area (Å²) in [6, 6.07) is 14.7. The zero-order chi connectivity index (χ0) is 29.1. The first-order valence-electron chi connectivity index (χ1n) is 14.7. The maximum atomic E-state index is 13.1. The Balaban J connectivity index is 1.04. The molecular formula is C31H41BrClN5O3. The molecule has 2 aromatic rings. The van der Waals surface area contributed by atoms with Gasteiger partial charge in [0.15, 0.2) is 0 Å². The molecule has 5 rings (SSSR count). The van der Waals surface area contributed by atoms with Gasteiger partial charge in [-0.2, -0.15) is 0 Å². The first kappa shape index (κ1) is 30.3. The first-order valence-corrected chi connectivity index (χ1v) is 15.9. The lowest BCUT2D eigenvalue weighted by atomic mass is 9.99. The summed E-state index contributed by atoms with van der Waals surface area (Å²) in [5.74, 6) is -0.105.